The summed E-state index contributed by atoms with van der Waals surface area (Å²) in [5.41, 5.74) is 2.11. The molecule has 1 aliphatic heterocycles. The van der Waals surface area contributed by atoms with Gasteiger partial charge in [0.05, 0.1) is 5.71 Å². The van der Waals surface area contributed by atoms with E-state index < -0.39 is 20.5 Å². The van der Waals surface area contributed by atoms with Gasteiger partial charge in [-0.05, 0) is 32.6 Å². The predicted octanol–water partition coefficient (Wildman–Crippen LogP) is 1.02. The van der Waals surface area contributed by atoms with Gasteiger partial charge in [-0.3, -0.25) is 10.0 Å². The summed E-state index contributed by atoms with van der Waals surface area (Å²) in [4.78, 5) is 17.0. The normalized spacial score (nSPS) is 23.6. The Kier molecular flexibility index (Phi) is 5.32. The lowest BCUT2D eigenvalue weighted by Gasteiger charge is -2.24. The molecule has 0 aromatic rings. The van der Waals surface area contributed by atoms with Gasteiger partial charge in [0.25, 0.3) is 5.91 Å². The minimum Gasteiger partial charge on any atom is -0.379 e. The lowest BCUT2D eigenvalue weighted by atomic mass is 9.86. The van der Waals surface area contributed by atoms with Crippen molar-refractivity contribution >= 4 is 21.5 Å². The van der Waals surface area contributed by atoms with Crippen molar-refractivity contribution in [1.29, 1.82) is 0 Å². The van der Waals surface area contributed by atoms with Crippen LogP contribution >= 0.6 is 0 Å². The maximum atomic E-state index is 11.9. The highest BCUT2D eigenvalue weighted by atomic mass is 32.2. The smallest absolute Gasteiger partial charge is 0.264 e. The summed E-state index contributed by atoms with van der Waals surface area (Å²) < 4.78 is 22.0. The first-order valence-electron chi connectivity index (χ1n) is 7.63. The van der Waals surface area contributed by atoms with E-state index in [9.17, 15) is 13.2 Å². The molecule has 1 amide bonds. The van der Waals surface area contributed by atoms with Gasteiger partial charge in [0.2, 0.25) is 0 Å². The zero-order chi connectivity index (χ0) is 17.1. The van der Waals surface area contributed by atoms with Crippen molar-refractivity contribution in [2.75, 3.05) is 6.26 Å². The van der Waals surface area contributed by atoms with Crippen molar-refractivity contribution in [3.05, 3.63) is 0 Å². The Labute approximate surface area is 136 Å². The van der Waals surface area contributed by atoms with Crippen molar-refractivity contribution in [3.63, 3.8) is 0 Å². The molecule has 0 radical (unpaired) electrons. The van der Waals surface area contributed by atoms with Gasteiger partial charge in [0, 0.05) is 18.6 Å². The van der Waals surface area contributed by atoms with Crippen LogP contribution in [-0.4, -0.2) is 42.4 Å². The van der Waals surface area contributed by atoms with Crippen LogP contribution in [0.1, 0.15) is 45.4 Å². The average Bonchev–Trinajstić information content (AvgIpc) is 2.89. The van der Waals surface area contributed by atoms with Crippen LogP contribution in [0, 0.1) is 17.8 Å². The lowest BCUT2D eigenvalue weighted by molar-refractivity contribution is -0.131. The largest absolute Gasteiger partial charge is 0.379 e. The molecule has 1 unspecified atom stereocenters. The molecule has 23 heavy (non-hydrogen) atoms. The number of hydrogen-bond acceptors (Lipinski definition) is 6. The minimum absolute atomic E-state index is 0.0171. The van der Waals surface area contributed by atoms with Crippen molar-refractivity contribution in [2.24, 2.45) is 11.1 Å². The summed E-state index contributed by atoms with van der Waals surface area (Å²) in [6.07, 6.45) is 5.00. The molecule has 0 bridgehead atoms. The molecule has 0 aromatic carbocycles. The number of nitrogens with zero attached hydrogens (tertiary/aromatic N) is 1. The van der Waals surface area contributed by atoms with Crippen LogP contribution in [0.2, 0.25) is 0 Å². The standard InChI is InChI=1S/C15H22N2O5S/c1-15(14(18)16-19,23(2,20)21)9-8-12-10-13(22-17-12)7-6-11-4-3-5-11/h11,13,19H,3-5,8-10H2,1-2H3,(H,16,18)/t13?,15-/m1/s1. The van der Waals surface area contributed by atoms with Crippen LogP contribution in [0.25, 0.3) is 0 Å². The zero-order valence-corrected chi connectivity index (χ0v) is 14.1. The van der Waals surface area contributed by atoms with E-state index in [2.05, 4.69) is 17.0 Å². The highest BCUT2D eigenvalue weighted by molar-refractivity contribution is 7.92. The van der Waals surface area contributed by atoms with E-state index in [0.29, 0.717) is 24.5 Å². The average molecular weight is 342 g/mol. The lowest BCUT2D eigenvalue weighted by Crippen LogP contribution is -2.49. The summed E-state index contributed by atoms with van der Waals surface area (Å²) in [6, 6.07) is 0. The maximum Gasteiger partial charge on any atom is 0.264 e. The molecule has 8 heteroatoms. The van der Waals surface area contributed by atoms with Crippen molar-refractivity contribution in [3.8, 4) is 11.8 Å². The van der Waals surface area contributed by atoms with Gasteiger partial charge >= 0.3 is 0 Å². The molecule has 0 spiro atoms. The number of oxime groups is 1. The molecule has 1 aliphatic carbocycles. The summed E-state index contributed by atoms with van der Waals surface area (Å²) in [7, 11) is -3.69. The van der Waals surface area contributed by atoms with Crippen LogP contribution in [0.15, 0.2) is 5.16 Å². The van der Waals surface area contributed by atoms with Gasteiger partial charge in [-0.15, -0.1) is 0 Å². The molecular weight excluding hydrogens is 320 g/mol. The second kappa shape index (κ2) is 6.89. The Hall–Kier alpha value is -1.59. The van der Waals surface area contributed by atoms with E-state index in [0.717, 1.165) is 19.1 Å². The second-order valence-corrected chi connectivity index (χ2v) is 8.76. The highest BCUT2D eigenvalue weighted by Gasteiger charge is 2.43. The third-order valence-corrected chi connectivity index (χ3v) is 6.60. The second-order valence-electron chi connectivity index (χ2n) is 6.32. The van der Waals surface area contributed by atoms with Gasteiger partial charge in [-0.2, -0.15) is 0 Å². The minimum atomic E-state index is -3.69. The van der Waals surface area contributed by atoms with E-state index in [1.165, 1.54) is 18.8 Å². The first-order valence-corrected chi connectivity index (χ1v) is 9.52. The Morgan fingerprint density at radius 1 is 1.48 bits per heavy atom. The van der Waals surface area contributed by atoms with E-state index in [1.807, 2.05) is 0 Å². The van der Waals surface area contributed by atoms with Crippen LogP contribution in [0.3, 0.4) is 0 Å². The van der Waals surface area contributed by atoms with Crippen LogP contribution in [-0.2, 0) is 19.5 Å². The molecule has 0 saturated heterocycles. The predicted molar refractivity (Wildman–Crippen MR) is 84.5 cm³/mol. The maximum absolute atomic E-state index is 11.9. The van der Waals surface area contributed by atoms with Gasteiger partial charge in [-0.25, -0.2) is 13.9 Å². The number of hydroxylamine groups is 1. The van der Waals surface area contributed by atoms with Crippen LogP contribution in [0.5, 0.6) is 0 Å². The first-order chi connectivity index (χ1) is 10.8. The number of carbonyl (C=O) groups excluding carboxylic acids is 1. The summed E-state index contributed by atoms with van der Waals surface area (Å²) in [6.45, 7) is 1.29. The quantitative estimate of drug-likeness (QED) is 0.441. The Bertz CT molecular complexity index is 657. The highest BCUT2D eigenvalue weighted by Crippen LogP contribution is 2.27. The first kappa shape index (κ1) is 17.8. The monoisotopic (exact) mass is 342 g/mol. The fourth-order valence-corrected chi connectivity index (χ4v) is 3.24. The Morgan fingerprint density at radius 2 is 2.17 bits per heavy atom. The molecule has 7 nitrogen and oxygen atoms in total. The number of sulfone groups is 1. The fraction of sp³-hybridized carbons (Fsp3) is 0.733. The molecular formula is C15H22N2O5S. The van der Waals surface area contributed by atoms with Gasteiger partial charge in [-0.1, -0.05) is 23.4 Å². The van der Waals surface area contributed by atoms with Crippen LogP contribution < -0.4 is 5.48 Å². The summed E-state index contributed by atoms with van der Waals surface area (Å²) in [5, 5.41) is 12.7. The molecule has 0 aromatic heterocycles. The molecule has 128 valence electrons. The van der Waals surface area contributed by atoms with E-state index in [-0.39, 0.29) is 12.5 Å². The SMILES string of the molecule is C[C@@](CCC1=NOC(C#CC2CCC2)C1)(C(=O)NO)S(C)(=O)=O. The van der Waals surface area contributed by atoms with E-state index in [4.69, 9.17) is 10.0 Å². The van der Waals surface area contributed by atoms with Gasteiger partial charge < -0.3 is 4.84 Å². The van der Waals surface area contributed by atoms with E-state index >= 15 is 0 Å². The van der Waals surface area contributed by atoms with E-state index in [1.54, 1.807) is 0 Å². The summed E-state index contributed by atoms with van der Waals surface area (Å²) >= 11 is 0. The molecule has 1 saturated carbocycles. The molecule has 2 aliphatic rings. The fourth-order valence-electron chi connectivity index (χ4n) is 2.38. The number of nitrogens with one attached hydrogen (secondary N) is 1. The molecule has 2 atom stereocenters. The zero-order valence-electron chi connectivity index (χ0n) is 13.3. The topological polar surface area (TPSA) is 105 Å². The Balaban J connectivity index is 1.91. The van der Waals surface area contributed by atoms with Crippen molar-refractivity contribution < 1.29 is 23.3 Å². The van der Waals surface area contributed by atoms with Crippen molar-refractivity contribution in [2.45, 2.75) is 56.3 Å². The number of hydrogen-bond donors (Lipinski definition) is 2. The Morgan fingerprint density at radius 3 is 2.70 bits per heavy atom. The molecule has 2 N–H and O–H groups in total. The molecule has 1 fully saturated rings. The molecule has 1 heterocycles. The van der Waals surface area contributed by atoms with Crippen LogP contribution in [0.4, 0.5) is 0 Å². The molecule has 2 rings (SSSR count). The third kappa shape index (κ3) is 4.03. The summed E-state index contributed by atoms with van der Waals surface area (Å²) in [5.74, 6) is 5.73. The van der Waals surface area contributed by atoms with Gasteiger partial charge in [0.15, 0.2) is 15.9 Å². The van der Waals surface area contributed by atoms with Gasteiger partial charge in [0.1, 0.15) is 4.75 Å². The third-order valence-electron chi connectivity index (χ3n) is 4.57. The number of amides is 1. The number of carbonyl (C=O) groups is 1. The number of rotatable bonds is 5. The van der Waals surface area contributed by atoms with Crippen molar-refractivity contribution in [1.82, 2.24) is 5.48 Å².